The van der Waals surface area contributed by atoms with Crippen molar-refractivity contribution in [3.8, 4) is 0 Å². The van der Waals surface area contributed by atoms with Gasteiger partial charge in [0.15, 0.2) is 11.5 Å². The number of nitrogens with two attached hydrogens (primary N) is 1. The Labute approximate surface area is 82.8 Å². The van der Waals surface area contributed by atoms with Crippen molar-refractivity contribution < 1.29 is 9.84 Å². The Morgan fingerprint density at radius 1 is 1.43 bits per heavy atom. The molecule has 1 atom stereocenters. The van der Waals surface area contributed by atoms with Crippen LogP contribution in [0.25, 0.3) is 0 Å². The van der Waals surface area contributed by atoms with E-state index in [4.69, 9.17) is 10.5 Å². The molecule has 1 fully saturated rings. The highest BCUT2D eigenvalue weighted by Gasteiger charge is 2.24. The van der Waals surface area contributed by atoms with Crippen LogP contribution in [-0.4, -0.2) is 17.8 Å². The van der Waals surface area contributed by atoms with E-state index >= 15 is 0 Å². The molecule has 14 heavy (non-hydrogen) atoms. The largest absolute Gasteiger partial charge is 0.507 e. The first-order chi connectivity index (χ1) is 6.77. The summed E-state index contributed by atoms with van der Waals surface area (Å²) in [7, 11) is 0. The van der Waals surface area contributed by atoms with Crippen molar-refractivity contribution in [3.05, 3.63) is 47.4 Å². The van der Waals surface area contributed by atoms with Gasteiger partial charge in [-0.3, -0.25) is 0 Å². The highest BCUT2D eigenvalue weighted by Crippen LogP contribution is 2.20. The molecule has 1 saturated heterocycles. The van der Waals surface area contributed by atoms with E-state index in [0.29, 0.717) is 18.8 Å². The van der Waals surface area contributed by atoms with Crippen LogP contribution in [0.15, 0.2) is 41.9 Å². The van der Waals surface area contributed by atoms with E-state index in [0.717, 1.165) is 5.56 Å². The zero-order valence-corrected chi connectivity index (χ0v) is 7.81. The molecule has 0 saturated carbocycles. The first-order valence-electron chi connectivity index (χ1n) is 4.61. The number of rotatable bonds is 3. The van der Waals surface area contributed by atoms with Crippen LogP contribution in [0.3, 0.4) is 0 Å². The zero-order valence-electron chi connectivity index (χ0n) is 7.81. The summed E-state index contributed by atoms with van der Waals surface area (Å²) >= 11 is 0. The van der Waals surface area contributed by atoms with Gasteiger partial charge >= 0.3 is 0 Å². The van der Waals surface area contributed by atoms with E-state index < -0.39 is 0 Å². The molecule has 0 unspecified atom stereocenters. The van der Waals surface area contributed by atoms with Crippen molar-refractivity contribution >= 4 is 0 Å². The topological polar surface area (TPSA) is 58.8 Å². The highest BCUT2D eigenvalue weighted by molar-refractivity contribution is 5.21. The van der Waals surface area contributed by atoms with Crippen LogP contribution in [0.2, 0.25) is 0 Å². The average molecular weight is 191 g/mol. The average Bonchev–Trinajstić information content (AvgIpc) is 3.01. The summed E-state index contributed by atoms with van der Waals surface area (Å²) in [6.07, 6.45) is 0.638. The van der Waals surface area contributed by atoms with E-state index in [-0.39, 0.29) is 11.8 Å². The molecule has 2 rings (SSSR count). The van der Waals surface area contributed by atoms with Crippen LogP contribution in [-0.2, 0) is 11.2 Å². The molecule has 0 amide bonds. The van der Waals surface area contributed by atoms with Crippen LogP contribution in [0.1, 0.15) is 5.56 Å². The molecule has 0 bridgehead atoms. The smallest absolute Gasteiger partial charge is 0.173 e. The maximum atomic E-state index is 9.55. The number of hydrogen-bond acceptors (Lipinski definition) is 3. The summed E-state index contributed by atoms with van der Waals surface area (Å²) in [5.74, 6) is 0.822. The maximum absolute atomic E-state index is 9.55. The summed E-state index contributed by atoms with van der Waals surface area (Å²) in [5, 5.41) is 9.55. The molecule has 0 aromatic heterocycles. The van der Waals surface area contributed by atoms with E-state index in [1.807, 2.05) is 30.3 Å². The van der Waals surface area contributed by atoms with E-state index in [1.54, 1.807) is 0 Å². The van der Waals surface area contributed by atoms with Gasteiger partial charge in [-0.25, -0.2) is 0 Å². The van der Waals surface area contributed by atoms with Crippen LogP contribution < -0.4 is 5.73 Å². The second kappa shape index (κ2) is 3.72. The van der Waals surface area contributed by atoms with Crippen molar-refractivity contribution in [1.82, 2.24) is 0 Å². The summed E-state index contributed by atoms with van der Waals surface area (Å²) < 4.78 is 4.88. The lowest BCUT2D eigenvalue weighted by molar-refractivity contribution is 0.348. The second-order valence-corrected chi connectivity index (χ2v) is 3.39. The number of ether oxygens (including phenoxy) is 1. The van der Waals surface area contributed by atoms with Gasteiger partial charge in [0, 0.05) is 0 Å². The van der Waals surface area contributed by atoms with Crippen LogP contribution in [0.4, 0.5) is 0 Å². The molecule has 74 valence electrons. The number of benzene rings is 1. The molecule has 1 aromatic carbocycles. The minimum atomic E-state index is -0.352. The van der Waals surface area contributed by atoms with Gasteiger partial charge in [0.05, 0.1) is 6.04 Å². The van der Waals surface area contributed by atoms with Crippen LogP contribution >= 0.6 is 0 Å². The molecule has 0 radical (unpaired) electrons. The minimum Gasteiger partial charge on any atom is -0.507 e. The third kappa shape index (κ3) is 2.06. The van der Waals surface area contributed by atoms with Crippen molar-refractivity contribution in [1.29, 1.82) is 0 Å². The van der Waals surface area contributed by atoms with Crippen molar-refractivity contribution in [2.24, 2.45) is 5.73 Å². The summed E-state index contributed by atoms with van der Waals surface area (Å²) in [5.41, 5.74) is 6.92. The first kappa shape index (κ1) is 9.09. The molecule has 1 aliphatic heterocycles. The van der Waals surface area contributed by atoms with Crippen molar-refractivity contribution in [2.75, 3.05) is 6.61 Å². The molecular formula is C11H13NO2. The standard InChI is InChI=1S/C11H13NO2/c12-9(11(13)10-7-14-10)6-8-4-2-1-3-5-8/h1-5,9,13H,6-7,12H2/b11-10-/t9-/m0/s1. The summed E-state index contributed by atoms with van der Waals surface area (Å²) in [4.78, 5) is 0. The fourth-order valence-corrected chi connectivity index (χ4v) is 1.36. The van der Waals surface area contributed by atoms with Gasteiger partial charge in [0.25, 0.3) is 0 Å². The number of aliphatic hydroxyl groups is 1. The normalized spacial score (nSPS) is 19.8. The molecule has 0 spiro atoms. The lowest BCUT2D eigenvalue weighted by Gasteiger charge is -2.09. The van der Waals surface area contributed by atoms with Gasteiger partial charge in [-0.2, -0.15) is 0 Å². The predicted molar refractivity (Wildman–Crippen MR) is 53.7 cm³/mol. The Bertz CT molecular complexity index is 340. The fraction of sp³-hybridized carbons (Fsp3) is 0.273. The Kier molecular flexibility index (Phi) is 2.41. The number of epoxide rings is 1. The molecule has 1 aromatic rings. The van der Waals surface area contributed by atoms with Crippen LogP contribution in [0.5, 0.6) is 0 Å². The predicted octanol–water partition coefficient (Wildman–Crippen LogP) is 1.36. The second-order valence-electron chi connectivity index (χ2n) is 3.39. The van der Waals surface area contributed by atoms with Gasteiger partial charge < -0.3 is 15.6 Å². The third-order valence-electron chi connectivity index (χ3n) is 2.22. The Morgan fingerprint density at radius 3 is 2.64 bits per heavy atom. The minimum absolute atomic E-state index is 0.189. The van der Waals surface area contributed by atoms with Crippen molar-refractivity contribution in [2.45, 2.75) is 12.5 Å². The Balaban J connectivity index is 2.01. The monoisotopic (exact) mass is 191 g/mol. The Hall–Kier alpha value is -1.48. The quantitative estimate of drug-likeness (QED) is 0.560. The summed E-state index contributed by atoms with van der Waals surface area (Å²) in [6.45, 7) is 0.522. The first-order valence-corrected chi connectivity index (χ1v) is 4.61. The molecule has 3 N–H and O–H groups in total. The van der Waals surface area contributed by atoms with E-state index in [9.17, 15) is 5.11 Å². The lowest BCUT2D eigenvalue weighted by Crippen LogP contribution is -2.25. The molecule has 1 aliphatic rings. The molecular weight excluding hydrogens is 178 g/mol. The van der Waals surface area contributed by atoms with Gasteiger partial charge in [-0.1, -0.05) is 30.3 Å². The zero-order chi connectivity index (χ0) is 9.97. The molecule has 1 heterocycles. The van der Waals surface area contributed by atoms with Crippen LogP contribution in [0, 0.1) is 0 Å². The lowest BCUT2D eigenvalue weighted by atomic mass is 10.1. The van der Waals surface area contributed by atoms with Gasteiger partial charge in [-0.15, -0.1) is 0 Å². The fourth-order valence-electron chi connectivity index (χ4n) is 1.36. The highest BCUT2D eigenvalue weighted by atomic mass is 16.6. The number of hydrogen-bond donors (Lipinski definition) is 2. The molecule has 0 aliphatic carbocycles. The Morgan fingerprint density at radius 2 is 2.07 bits per heavy atom. The van der Waals surface area contributed by atoms with Gasteiger partial charge in [0.2, 0.25) is 0 Å². The number of aliphatic hydroxyl groups excluding tert-OH is 1. The van der Waals surface area contributed by atoms with Gasteiger partial charge in [0.1, 0.15) is 6.61 Å². The third-order valence-corrected chi connectivity index (χ3v) is 2.22. The maximum Gasteiger partial charge on any atom is 0.173 e. The van der Waals surface area contributed by atoms with E-state index in [2.05, 4.69) is 0 Å². The summed E-state index contributed by atoms with van der Waals surface area (Å²) in [6, 6.07) is 9.50. The van der Waals surface area contributed by atoms with Gasteiger partial charge in [-0.05, 0) is 12.0 Å². The van der Waals surface area contributed by atoms with E-state index in [1.165, 1.54) is 0 Å². The molecule has 3 nitrogen and oxygen atoms in total. The van der Waals surface area contributed by atoms with Crippen molar-refractivity contribution in [3.63, 3.8) is 0 Å². The SMILES string of the molecule is N[C@@H](Cc1ccccc1)/C(O)=C1\CO1. The molecule has 3 heteroatoms.